The van der Waals surface area contributed by atoms with Crippen LogP contribution in [-0.2, 0) is 5.41 Å². The maximum atomic E-state index is 3.42. The van der Waals surface area contributed by atoms with Crippen molar-refractivity contribution in [3.8, 4) is 0 Å². The normalized spacial score (nSPS) is 13.4. The molecule has 0 aliphatic heterocycles. The minimum atomic E-state index is 0.255. The van der Waals surface area contributed by atoms with Crippen LogP contribution in [0.5, 0.6) is 0 Å². The van der Waals surface area contributed by atoms with Crippen molar-refractivity contribution < 1.29 is 0 Å². The van der Waals surface area contributed by atoms with E-state index >= 15 is 0 Å². The molecule has 0 spiro atoms. The highest BCUT2D eigenvalue weighted by Gasteiger charge is 2.19. The number of nitrogens with one attached hydrogen (secondary N) is 1. The van der Waals surface area contributed by atoms with Crippen molar-refractivity contribution in [2.75, 3.05) is 7.05 Å². The highest BCUT2D eigenvalue weighted by molar-refractivity contribution is 14.1. The van der Waals surface area contributed by atoms with Crippen molar-refractivity contribution in [2.24, 2.45) is 0 Å². The summed E-state index contributed by atoms with van der Waals surface area (Å²) in [5.41, 5.74) is 4.35. The fourth-order valence-corrected chi connectivity index (χ4v) is 3.73. The molecule has 2 aromatic rings. The van der Waals surface area contributed by atoms with Crippen LogP contribution in [0.3, 0.4) is 0 Å². The van der Waals surface area contributed by atoms with Gasteiger partial charge in [0, 0.05) is 0 Å². The minimum Gasteiger partial charge on any atom is -0.309 e. The molecule has 108 valence electrons. The summed E-state index contributed by atoms with van der Waals surface area (Å²) >= 11 is 4.18. The first kappa shape index (κ1) is 16.0. The second-order valence-electron chi connectivity index (χ2n) is 5.77. The largest absolute Gasteiger partial charge is 0.309 e. The Labute approximate surface area is 139 Å². The van der Waals surface area contributed by atoms with Gasteiger partial charge in [-0.1, -0.05) is 45.0 Å². The molecule has 1 nitrogen and oxygen atoms in total. The lowest BCUT2D eigenvalue weighted by Gasteiger charge is -2.24. The zero-order valence-corrected chi connectivity index (χ0v) is 15.5. The molecular weight excluding hydrogens is 377 g/mol. The first-order chi connectivity index (χ1) is 9.47. The SMILES string of the molecule is CCC(C)(C)c1ccc(C(NC)c2csc(I)c2)cc1. The molecule has 0 aliphatic rings. The minimum absolute atomic E-state index is 0.255. The molecule has 1 N–H and O–H groups in total. The van der Waals surface area contributed by atoms with Crippen LogP contribution in [0.4, 0.5) is 0 Å². The molecule has 0 radical (unpaired) electrons. The fraction of sp³-hybridized carbons (Fsp3) is 0.412. The van der Waals surface area contributed by atoms with Crippen LogP contribution in [0.25, 0.3) is 0 Å². The number of hydrogen-bond acceptors (Lipinski definition) is 2. The van der Waals surface area contributed by atoms with Gasteiger partial charge < -0.3 is 5.32 Å². The number of thiophene rings is 1. The lowest BCUT2D eigenvalue weighted by atomic mass is 9.81. The van der Waals surface area contributed by atoms with Crippen LogP contribution in [0, 0.1) is 2.88 Å². The van der Waals surface area contributed by atoms with Crippen LogP contribution < -0.4 is 5.32 Å². The van der Waals surface area contributed by atoms with E-state index in [-0.39, 0.29) is 11.5 Å². The third kappa shape index (κ3) is 3.43. The van der Waals surface area contributed by atoms with E-state index in [4.69, 9.17) is 0 Å². The third-order valence-corrected chi connectivity index (χ3v) is 5.93. The van der Waals surface area contributed by atoms with Crippen molar-refractivity contribution >= 4 is 33.9 Å². The third-order valence-electron chi connectivity index (χ3n) is 4.12. The number of benzene rings is 1. The zero-order valence-electron chi connectivity index (χ0n) is 12.5. The summed E-state index contributed by atoms with van der Waals surface area (Å²) in [6.07, 6.45) is 1.16. The second-order valence-corrected chi connectivity index (χ2v) is 8.57. The highest BCUT2D eigenvalue weighted by atomic mass is 127. The van der Waals surface area contributed by atoms with Gasteiger partial charge in [0.05, 0.1) is 8.93 Å². The van der Waals surface area contributed by atoms with Gasteiger partial charge in [-0.25, -0.2) is 0 Å². The van der Waals surface area contributed by atoms with E-state index in [1.165, 1.54) is 19.6 Å². The summed E-state index contributed by atoms with van der Waals surface area (Å²) in [5.74, 6) is 0. The molecule has 0 saturated heterocycles. The molecule has 1 unspecified atom stereocenters. The highest BCUT2D eigenvalue weighted by Crippen LogP contribution is 2.30. The summed E-state index contributed by atoms with van der Waals surface area (Å²) in [6, 6.07) is 11.6. The Morgan fingerprint density at radius 1 is 1.20 bits per heavy atom. The molecular formula is C17H22INS. The summed E-state index contributed by atoms with van der Waals surface area (Å²) in [6.45, 7) is 6.86. The zero-order chi connectivity index (χ0) is 14.8. The molecule has 20 heavy (non-hydrogen) atoms. The molecule has 2 rings (SSSR count). The topological polar surface area (TPSA) is 12.0 Å². The van der Waals surface area contributed by atoms with Gasteiger partial charge in [0.1, 0.15) is 0 Å². The predicted molar refractivity (Wildman–Crippen MR) is 97.7 cm³/mol. The van der Waals surface area contributed by atoms with Gasteiger partial charge >= 0.3 is 0 Å². The molecule has 0 fully saturated rings. The van der Waals surface area contributed by atoms with Gasteiger partial charge in [0.15, 0.2) is 0 Å². The average molecular weight is 399 g/mol. The molecule has 0 aliphatic carbocycles. The molecule has 1 aromatic carbocycles. The van der Waals surface area contributed by atoms with Gasteiger partial charge in [0.25, 0.3) is 0 Å². The molecule has 3 heteroatoms. The standard InChI is InChI=1S/C17H22INS/c1-5-17(2,3)14-8-6-12(7-9-14)16(19-4)13-10-15(18)20-11-13/h6-11,16,19H,5H2,1-4H3. The monoisotopic (exact) mass is 399 g/mol. The van der Waals surface area contributed by atoms with Gasteiger partial charge in [0.2, 0.25) is 0 Å². The number of hydrogen-bond donors (Lipinski definition) is 1. The predicted octanol–water partition coefficient (Wildman–Crippen LogP) is 5.35. The van der Waals surface area contributed by atoms with Crippen molar-refractivity contribution in [2.45, 2.75) is 38.6 Å². The lowest BCUT2D eigenvalue weighted by molar-refractivity contribution is 0.506. The van der Waals surface area contributed by atoms with Gasteiger partial charge in [-0.2, -0.15) is 0 Å². The van der Waals surface area contributed by atoms with Gasteiger partial charge in [-0.15, -0.1) is 11.3 Å². The van der Waals surface area contributed by atoms with Crippen LogP contribution in [0.1, 0.15) is 49.9 Å². The van der Waals surface area contributed by atoms with Crippen LogP contribution in [-0.4, -0.2) is 7.05 Å². The fourth-order valence-electron chi connectivity index (χ4n) is 2.33. The molecule has 0 amide bonds. The van der Waals surface area contributed by atoms with Crippen molar-refractivity contribution in [3.63, 3.8) is 0 Å². The van der Waals surface area contributed by atoms with Crippen LogP contribution in [0.15, 0.2) is 35.7 Å². The smallest absolute Gasteiger partial charge is 0.0656 e. The Hall–Kier alpha value is -0.390. The van der Waals surface area contributed by atoms with E-state index in [2.05, 4.69) is 84.4 Å². The Morgan fingerprint density at radius 2 is 1.85 bits per heavy atom. The summed E-state index contributed by atoms with van der Waals surface area (Å²) in [4.78, 5) is 0. The van der Waals surface area contributed by atoms with Crippen molar-refractivity contribution in [3.05, 3.63) is 55.3 Å². The molecule has 1 atom stereocenters. The van der Waals surface area contributed by atoms with E-state index in [1.807, 2.05) is 7.05 Å². The lowest BCUT2D eigenvalue weighted by Crippen LogP contribution is -2.18. The van der Waals surface area contributed by atoms with E-state index in [0.717, 1.165) is 6.42 Å². The summed E-state index contributed by atoms with van der Waals surface area (Å²) in [7, 11) is 2.03. The summed E-state index contributed by atoms with van der Waals surface area (Å²) in [5, 5.41) is 5.67. The van der Waals surface area contributed by atoms with E-state index < -0.39 is 0 Å². The van der Waals surface area contributed by atoms with E-state index in [1.54, 1.807) is 11.3 Å². The summed E-state index contributed by atoms with van der Waals surface area (Å²) < 4.78 is 1.33. The van der Waals surface area contributed by atoms with Crippen LogP contribution >= 0.6 is 33.9 Å². The Bertz CT molecular complexity index is 557. The Morgan fingerprint density at radius 3 is 2.30 bits per heavy atom. The maximum Gasteiger partial charge on any atom is 0.0656 e. The molecule has 1 aromatic heterocycles. The quantitative estimate of drug-likeness (QED) is 0.669. The van der Waals surface area contributed by atoms with E-state index in [9.17, 15) is 0 Å². The number of rotatable bonds is 5. The van der Waals surface area contributed by atoms with Crippen molar-refractivity contribution in [1.29, 1.82) is 0 Å². The first-order valence-electron chi connectivity index (χ1n) is 6.99. The molecule has 0 saturated carbocycles. The number of halogens is 1. The molecule has 0 bridgehead atoms. The van der Waals surface area contributed by atoms with Crippen molar-refractivity contribution in [1.82, 2.24) is 5.32 Å². The van der Waals surface area contributed by atoms with Gasteiger partial charge in [-0.3, -0.25) is 0 Å². The van der Waals surface area contributed by atoms with E-state index in [0.29, 0.717) is 0 Å². The Kier molecular flexibility index (Phi) is 5.26. The first-order valence-corrected chi connectivity index (χ1v) is 8.95. The van der Waals surface area contributed by atoms with Gasteiger partial charge in [-0.05, 0) is 69.6 Å². The second kappa shape index (κ2) is 6.58. The molecule has 1 heterocycles. The Balaban J connectivity index is 2.28. The van der Waals surface area contributed by atoms with Crippen LogP contribution in [0.2, 0.25) is 0 Å². The average Bonchev–Trinajstić information content (AvgIpc) is 2.87. The maximum absolute atomic E-state index is 3.42.